The molecule has 2 N–H and O–H groups in total. The molecule has 0 aliphatic heterocycles. The van der Waals surface area contributed by atoms with Crippen molar-refractivity contribution in [3.05, 3.63) is 76.3 Å². The number of aromatic nitrogens is 1. The summed E-state index contributed by atoms with van der Waals surface area (Å²) in [7, 11) is 1.71. The number of rotatable bonds is 3. The highest BCUT2D eigenvalue weighted by atomic mass is 16.3. The van der Waals surface area contributed by atoms with Gasteiger partial charge >= 0.3 is 6.03 Å². The molecule has 142 valence electrons. The van der Waals surface area contributed by atoms with Crippen molar-refractivity contribution in [3.63, 3.8) is 0 Å². The molecule has 2 amide bonds. The first-order valence-electron chi connectivity index (χ1n) is 9.09. The summed E-state index contributed by atoms with van der Waals surface area (Å²) < 4.78 is 7.47. The fraction of sp³-hybridized carbons (Fsp3) is 0.182. The molecule has 2 heterocycles. The molecule has 4 rings (SSSR count). The van der Waals surface area contributed by atoms with E-state index in [0.717, 1.165) is 33.2 Å². The molecule has 6 heteroatoms. The Morgan fingerprint density at radius 1 is 1.11 bits per heavy atom. The highest BCUT2D eigenvalue weighted by Gasteiger charge is 2.18. The van der Waals surface area contributed by atoms with E-state index in [1.165, 1.54) is 6.07 Å². The van der Waals surface area contributed by atoms with Crippen molar-refractivity contribution in [2.24, 2.45) is 7.05 Å². The Morgan fingerprint density at radius 2 is 1.86 bits per heavy atom. The lowest BCUT2D eigenvalue weighted by Gasteiger charge is -2.14. The second-order valence-electron chi connectivity index (χ2n) is 6.91. The normalized spacial score (nSPS) is 12.2. The van der Waals surface area contributed by atoms with E-state index >= 15 is 0 Å². The van der Waals surface area contributed by atoms with Crippen LogP contribution >= 0.6 is 0 Å². The molecular weight excluding hydrogens is 354 g/mol. The number of hydrogen-bond donors (Lipinski definition) is 2. The number of fused-ring (bicyclic) bond motifs is 2. The summed E-state index contributed by atoms with van der Waals surface area (Å²) in [6.45, 7) is 3.87. The van der Waals surface area contributed by atoms with Crippen LogP contribution in [0.25, 0.3) is 21.9 Å². The fourth-order valence-electron chi connectivity index (χ4n) is 3.48. The zero-order valence-corrected chi connectivity index (χ0v) is 15.9. The summed E-state index contributed by atoms with van der Waals surface area (Å²) in [5.74, 6) is 0.734. The van der Waals surface area contributed by atoms with E-state index in [9.17, 15) is 9.59 Å². The van der Waals surface area contributed by atoms with Gasteiger partial charge in [0.1, 0.15) is 11.3 Å². The maximum absolute atomic E-state index is 12.5. The average Bonchev–Trinajstić information content (AvgIpc) is 3.02. The number of urea groups is 1. The van der Waals surface area contributed by atoms with Gasteiger partial charge in [-0.3, -0.25) is 4.79 Å². The molecule has 2 aromatic carbocycles. The Bertz CT molecular complexity index is 1250. The third-order valence-electron chi connectivity index (χ3n) is 5.01. The zero-order valence-electron chi connectivity index (χ0n) is 15.9. The molecule has 0 spiro atoms. The number of pyridine rings is 1. The topological polar surface area (TPSA) is 76.3 Å². The first-order valence-corrected chi connectivity index (χ1v) is 9.09. The van der Waals surface area contributed by atoms with Crippen molar-refractivity contribution >= 4 is 33.6 Å². The first kappa shape index (κ1) is 17.9. The highest BCUT2D eigenvalue weighted by molar-refractivity contribution is 5.93. The molecule has 2 aromatic heterocycles. The summed E-state index contributed by atoms with van der Waals surface area (Å²) in [4.78, 5) is 24.3. The summed E-state index contributed by atoms with van der Waals surface area (Å²) in [5.41, 5.74) is 3.10. The molecular formula is C22H21N3O3. The predicted octanol–water partition coefficient (Wildman–Crippen LogP) is 4.48. The number of nitrogens with zero attached hydrogens (tertiary/aromatic N) is 1. The van der Waals surface area contributed by atoms with E-state index in [1.807, 2.05) is 50.2 Å². The number of carbonyl (C=O) groups is 1. The molecule has 1 unspecified atom stereocenters. The number of para-hydroxylation sites is 1. The fourth-order valence-corrected chi connectivity index (χ4v) is 3.48. The number of hydrogen-bond acceptors (Lipinski definition) is 3. The van der Waals surface area contributed by atoms with Crippen LogP contribution in [0.1, 0.15) is 24.3 Å². The number of furan rings is 1. The van der Waals surface area contributed by atoms with Gasteiger partial charge in [0.2, 0.25) is 0 Å². The van der Waals surface area contributed by atoms with E-state index in [-0.39, 0.29) is 17.6 Å². The van der Waals surface area contributed by atoms with Gasteiger partial charge in [-0.05, 0) is 43.5 Å². The standard InChI is InChI=1S/C22H21N3O3/c1-13-17-6-4-5-7-19(17)28-21(13)14(2)23-22(27)24-16-10-8-15-9-11-20(26)25(3)18(15)12-16/h4-12,14H,1-3H3,(H2,23,24,27). The maximum Gasteiger partial charge on any atom is 0.319 e. The Morgan fingerprint density at radius 3 is 2.64 bits per heavy atom. The Kier molecular flexibility index (Phi) is 4.39. The van der Waals surface area contributed by atoms with E-state index in [1.54, 1.807) is 23.7 Å². The Hall–Kier alpha value is -3.54. The van der Waals surface area contributed by atoms with Crippen molar-refractivity contribution in [2.75, 3.05) is 5.32 Å². The number of anilines is 1. The SMILES string of the molecule is Cc1c(C(C)NC(=O)Nc2ccc3ccc(=O)n(C)c3c2)oc2ccccc12. The number of amides is 2. The summed E-state index contributed by atoms with van der Waals surface area (Å²) >= 11 is 0. The van der Waals surface area contributed by atoms with Crippen molar-refractivity contribution in [3.8, 4) is 0 Å². The molecule has 0 aliphatic carbocycles. The van der Waals surface area contributed by atoms with Crippen molar-refractivity contribution in [2.45, 2.75) is 19.9 Å². The van der Waals surface area contributed by atoms with Gasteiger partial charge < -0.3 is 19.6 Å². The molecule has 4 aromatic rings. The zero-order chi connectivity index (χ0) is 19.8. The number of nitrogens with one attached hydrogen (secondary N) is 2. The van der Waals surface area contributed by atoms with Crippen LogP contribution < -0.4 is 16.2 Å². The van der Waals surface area contributed by atoms with Gasteiger partial charge in [-0.1, -0.05) is 24.3 Å². The highest BCUT2D eigenvalue weighted by Crippen LogP contribution is 2.29. The first-order chi connectivity index (χ1) is 13.4. The van der Waals surface area contributed by atoms with E-state index in [4.69, 9.17) is 4.42 Å². The minimum absolute atomic E-state index is 0.0944. The third kappa shape index (κ3) is 3.13. The Labute approximate surface area is 161 Å². The van der Waals surface area contributed by atoms with Gasteiger partial charge in [0.05, 0.1) is 11.6 Å². The van der Waals surface area contributed by atoms with Crippen molar-refractivity contribution in [1.82, 2.24) is 9.88 Å². The van der Waals surface area contributed by atoms with Gasteiger partial charge in [0.15, 0.2) is 0 Å². The molecule has 0 radical (unpaired) electrons. The van der Waals surface area contributed by atoms with Crippen LogP contribution in [0, 0.1) is 6.92 Å². The van der Waals surface area contributed by atoms with Crippen LogP contribution in [0.3, 0.4) is 0 Å². The summed E-state index contributed by atoms with van der Waals surface area (Å²) in [5, 5.41) is 7.71. The third-order valence-corrected chi connectivity index (χ3v) is 5.01. The van der Waals surface area contributed by atoms with E-state index in [0.29, 0.717) is 5.69 Å². The monoisotopic (exact) mass is 375 g/mol. The molecule has 28 heavy (non-hydrogen) atoms. The van der Waals surface area contributed by atoms with Crippen LogP contribution in [0.2, 0.25) is 0 Å². The van der Waals surface area contributed by atoms with Crippen molar-refractivity contribution in [1.29, 1.82) is 0 Å². The van der Waals surface area contributed by atoms with E-state index in [2.05, 4.69) is 10.6 Å². The van der Waals surface area contributed by atoms with Gasteiger partial charge in [0.25, 0.3) is 5.56 Å². The lowest BCUT2D eigenvalue weighted by molar-refractivity contribution is 0.248. The number of carbonyl (C=O) groups excluding carboxylic acids is 1. The lowest BCUT2D eigenvalue weighted by atomic mass is 10.1. The number of benzene rings is 2. The summed E-state index contributed by atoms with van der Waals surface area (Å²) in [6, 6.07) is 15.9. The average molecular weight is 375 g/mol. The second kappa shape index (κ2) is 6.88. The van der Waals surface area contributed by atoms with Crippen LogP contribution in [-0.4, -0.2) is 10.6 Å². The predicted molar refractivity (Wildman–Crippen MR) is 111 cm³/mol. The Balaban J connectivity index is 1.53. The van der Waals surface area contributed by atoms with Crippen LogP contribution in [0.4, 0.5) is 10.5 Å². The molecule has 0 bridgehead atoms. The van der Waals surface area contributed by atoms with Gasteiger partial charge in [-0.15, -0.1) is 0 Å². The van der Waals surface area contributed by atoms with Gasteiger partial charge in [-0.2, -0.15) is 0 Å². The van der Waals surface area contributed by atoms with Gasteiger partial charge in [-0.25, -0.2) is 4.79 Å². The van der Waals surface area contributed by atoms with Crippen LogP contribution in [0.15, 0.2) is 63.8 Å². The van der Waals surface area contributed by atoms with E-state index < -0.39 is 0 Å². The molecule has 0 aliphatic rings. The quantitative estimate of drug-likeness (QED) is 0.554. The minimum Gasteiger partial charge on any atom is -0.459 e. The molecule has 1 atom stereocenters. The molecule has 0 saturated heterocycles. The summed E-state index contributed by atoms with van der Waals surface area (Å²) in [6.07, 6.45) is 0. The van der Waals surface area contributed by atoms with Gasteiger partial charge in [0, 0.05) is 29.8 Å². The molecule has 0 fully saturated rings. The van der Waals surface area contributed by atoms with Crippen LogP contribution in [-0.2, 0) is 7.05 Å². The second-order valence-corrected chi connectivity index (χ2v) is 6.91. The number of aryl methyl sites for hydroxylation is 2. The molecule has 6 nitrogen and oxygen atoms in total. The largest absolute Gasteiger partial charge is 0.459 e. The lowest BCUT2D eigenvalue weighted by Crippen LogP contribution is -2.31. The van der Waals surface area contributed by atoms with Crippen molar-refractivity contribution < 1.29 is 9.21 Å². The minimum atomic E-state index is -0.340. The maximum atomic E-state index is 12.5. The van der Waals surface area contributed by atoms with Crippen LogP contribution in [0.5, 0.6) is 0 Å². The molecule has 0 saturated carbocycles. The smallest absolute Gasteiger partial charge is 0.319 e.